The zero-order valence-corrected chi connectivity index (χ0v) is 15.6. The van der Waals surface area contributed by atoms with E-state index < -0.39 is 25.7 Å². The Balaban J connectivity index is 2.27. The highest BCUT2D eigenvalue weighted by Gasteiger charge is 2.31. The van der Waals surface area contributed by atoms with Gasteiger partial charge in [0.1, 0.15) is 11.5 Å². The highest BCUT2D eigenvalue weighted by atomic mass is 32.2. The lowest BCUT2D eigenvalue weighted by atomic mass is 9.78. The third-order valence-corrected chi connectivity index (χ3v) is 4.43. The molecule has 132 valence electrons. The van der Waals surface area contributed by atoms with Crippen molar-refractivity contribution >= 4 is 25.8 Å². The van der Waals surface area contributed by atoms with Gasteiger partial charge in [-0.05, 0) is 35.8 Å². The van der Waals surface area contributed by atoms with Crippen LogP contribution in [0.15, 0.2) is 42.2 Å². The molecular formula is C16H20O6S2. The minimum atomic E-state index is -3.57. The van der Waals surface area contributed by atoms with E-state index in [1.165, 1.54) is 0 Å². The molecule has 1 aromatic rings. The Hall–Kier alpha value is -1.80. The molecule has 1 aliphatic rings. The fraction of sp³-hybridized carbons (Fsp3) is 0.375. The predicted octanol–water partition coefficient (Wildman–Crippen LogP) is 2.70. The number of allylic oxidation sites excluding steroid dienone is 4. The molecule has 0 fully saturated rings. The van der Waals surface area contributed by atoms with E-state index in [0.717, 1.165) is 23.6 Å². The molecule has 24 heavy (non-hydrogen) atoms. The van der Waals surface area contributed by atoms with Gasteiger partial charge in [-0.1, -0.05) is 32.1 Å². The van der Waals surface area contributed by atoms with Crippen molar-refractivity contribution in [3.8, 4) is 5.75 Å². The van der Waals surface area contributed by atoms with Gasteiger partial charge < -0.3 is 8.37 Å². The second kappa shape index (κ2) is 6.25. The molecule has 0 bridgehead atoms. The summed E-state index contributed by atoms with van der Waals surface area (Å²) in [6.07, 6.45) is 6.05. The topological polar surface area (TPSA) is 86.7 Å². The molecule has 0 spiro atoms. The monoisotopic (exact) mass is 372 g/mol. The average Bonchev–Trinajstić information content (AvgIpc) is 2.38. The summed E-state index contributed by atoms with van der Waals surface area (Å²) in [5, 5.41) is 0. The highest BCUT2D eigenvalue weighted by Crippen LogP contribution is 2.41. The lowest BCUT2D eigenvalue weighted by molar-refractivity contribution is 0.280. The van der Waals surface area contributed by atoms with Crippen LogP contribution in [0.25, 0.3) is 5.57 Å². The van der Waals surface area contributed by atoms with E-state index in [9.17, 15) is 16.8 Å². The Morgan fingerprint density at radius 1 is 0.875 bits per heavy atom. The van der Waals surface area contributed by atoms with Crippen LogP contribution in [0.1, 0.15) is 25.8 Å². The second-order valence-electron chi connectivity index (χ2n) is 6.38. The van der Waals surface area contributed by atoms with Gasteiger partial charge in [0, 0.05) is 5.41 Å². The third-order valence-electron chi connectivity index (χ3n) is 3.45. The quantitative estimate of drug-likeness (QED) is 0.739. The molecule has 0 radical (unpaired) electrons. The smallest absolute Gasteiger partial charge is 0.306 e. The van der Waals surface area contributed by atoms with Crippen LogP contribution in [0.4, 0.5) is 0 Å². The molecule has 0 aliphatic heterocycles. The van der Waals surface area contributed by atoms with Gasteiger partial charge in [0.2, 0.25) is 0 Å². The fourth-order valence-electron chi connectivity index (χ4n) is 2.43. The standard InChI is InChI=1S/C16H20O6S2/c1-16(2)11-13(7-10-15(16)22-24(4,19)20)12-5-8-14(9-6-12)21-23(3,17)18/h5-10H,11H2,1-4H3. The lowest BCUT2D eigenvalue weighted by Gasteiger charge is -2.31. The van der Waals surface area contributed by atoms with E-state index in [0.29, 0.717) is 12.2 Å². The van der Waals surface area contributed by atoms with E-state index in [4.69, 9.17) is 8.37 Å². The van der Waals surface area contributed by atoms with Crippen LogP contribution in [0.2, 0.25) is 0 Å². The van der Waals surface area contributed by atoms with Crippen LogP contribution in [0, 0.1) is 5.41 Å². The molecule has 2 rings (SSSR count). The van der Waals surface area contributed by atoms with E-state index in [-0.39, 0.29) is 5.75 Å². The number of hydrogen-bond donors (Lipinski definition) is 0. The van der Waals surface area contributed by atoms with Crippen LogP contribution < -0.4 is 4.18 Å². The first-order valence-corrected chi connectivity index (χ1v) is 10.8. The Kier molecular flexibility index (Phi) is 4.83. The molecule has 1 aliphatic carbocycles. The maximum Gasteiger partial charge on any atom is 0.306 e. The van der Waals surface area contributed by atoms with Gasteiger partial charge in [-0.15, -0.1) is 0 Å². The Bertz CT molecular complexity index is 888. The Morgan fingerprint density at radius 2 is 1.42 bits per heavy atom. The molecular weight excluding hydrogens is 352 g/mol. The summed E-state index contributed by atoms with van der Waals surface area (Å²) >= 11 is 0. The van der Waals surface area contributed by atoms with E-state index >= 15 is 0 Å². The summed E-state index contributed by atoms with van der Waals surface area (Å²) in [6, 6.07) is 6.68. The van der Waals surface area contributed by atoms with E-state index in [1.807, 2.05) is 13.8 Å². The maximum absolute atomic E-state index is 11.3. The summed E-state index contributed by atoms with van der Waals surface area (Å²) in [7, 11) is -7.13. The number of hydrogen-bond acceptors (Lipinski definition) is 6. The van der Waals surface area contributed by atoms with E-state index in [2.05, 4.69) is 0 Å². The Labute approximate surface area is 143 Å². The molecule has 0 aromatic heterocycles. The molecule has 0 unspecified atom stereocenters. The number of benzene rings is 1. The average molecular weight is 372 g/mol. The molecule has 0 amide bonds. The van der Waals surface area contributed by atoms with Crippen molar-refractivity contribution in [2.45, 2.75) is 20.3 Å². The van der Waals surface area contributed by atoms with Crippen LogP contribution in [0.3, 0.4) is 0 Å². The molecule has 0 heterocycles. The van der Waals surface area contributed by atoms with Gasteiger partial charge in [0.25, 0.3) is 0 Å². The van der Waals surface area contributed by atoms with Crippen LogP contribution in [0.5, 0.6) is 5.75 Å². The zero-order valence-electron chi connectivity index (χ0n) is 13.9. The second-order valence-corrected chi connectivity index (χ2v) is 9.53. The van der Waals surface area contributed by atoms with Gasteiger partial charge >= 0.3 is 20.2 Å². The molecule has 0 saturated carbocycles. The first-order chi connectivity index (χ1) is 10.9. The van der Waals surface area contributed by atoms with Gasteiger partial charge in [-0.2, -0.15) is 16.8 Å². The first-order valence-electron chi connectivity index (χ1n) is 7.16. The molecule has 0 N–H and O–H groups in total. The SMILES string of the molecule is CC1(C)CC(c2ccc(OS(C)(=O)=O)cc2)=CC=C1OS(C)(=O)=O. The first kappa shape index (κ1) is 18.5. The largest absolute Gasteiger partial charge is 0.387 e. The van der Waals surface area contributed by atoms with Crippen molar-refractivity contribution in [3.63, 3.8) is 0 Å². The lowest BCUT2D eigenvalue weighted by Crippen LogP contribution is -2.22. The summed E-state index contributed by atoms with van der Waals surface area (Å²) in [5.74, 6) is 0.638. The molecule has 0 atom stereocenters. The molecule has 1 aromatic carbocycles. The third kappa shape index (κ3) is 5.10. The predicted molar refractivity (Wildman–Crippen MR) is 92.3 cm³/mol. The molecule has 0 saturated heterocycles. The van der Waals surface area contributed by atoms with Gasteiger partial charge in [-0.3, -0.25) is 0 Å². The van der Waals surface area contributed by atoms with Crippen LogP contribution in [-0.4, -0.2) is 29.3 Å². The van der Waals surface area contributed by atoms with Gasteiger partial charge in [0.05, 0.1) is 12.5 Å². The Morgan fingerprint density at radius 3 is 1.88 bits per heavy atom. The zero-order chi connectivity index (χ0) is 18.2. The molecule has 8 heteroatoms. The summed E-state index contributed by atoms with van der Waals surface area (Å²) in [5.41, 5.74) is 1.42. The minimum Gasteiger partial charge on any atom is -0.387 e. The van der Waals surface area contributed by atoms with Crippen molar-refractivity contribution in [2.75, 3.05) is 12.5 Å². The summed E-state index contributed by atoms with van der Waals surface area (Å²) in [6.45, 7) is 3.80. The van der Waals surface area contributed by atoms with Crippen LogP contribution >= 0.6 is 0 Å². The fourth-order valence-corrected chi connectivity index (χ4v) is 3.49. The van der Waals surface area contributed by atoms with Crippen molar-refractivity contribution in [1.82, 2.24) is 0 Å². The normalized spacial score (nSPS) is 17.7. The molecule has 6 nitrogen and oxygen atoms in total. The highest BCUT2D eigenvalue weighted by molar-refractivity contribution is 7.86. The summed E-state index contributed by atoms with van der Waals surface area (Å²) in [4.78, 5) is 0. The maximum atomic E-state index is 11.3. The van der Waals surface area contributed by atoms with E-state index in [1.54, 1.807) is 36.4 Å². The number of rotatable bonds is 5. The van der Waals surface area contributed by atoms with Crippen molar-refractivity contribution in [2.24, 2.45) is 5.41 Å². The van der Waals surface area contributed by atoms with Crippen LogP contribution in [-0.2, 0) is 24.4 Å². The van der Waals surface area contributed by atoms with Crippen molar-refractivity contribution in [3.05, 3.63) is 47.7 Å². The van der Waals surface area contributed by atoms with Crippen molar-refractivity contribution in [1.29, 1.82) is 0 Å². The van der Waals surface area contributed by atoms with Crippen molar-refractivity contribution < 1.29 is 25.2 Å². The minimum absolute atomic E-state index is 0.244. The van der Waals surface area contributed by atoms with Gasteiger partial charge in [0.15, 0.2) is 0 Å². The van der Waals surface area contributed by atoms with Gasteiger partial charge in [-0.25, -0.2) is 0 Å². The summed E-state index contributed by atoms with van der Waals surface area (Å²) < 4.78 is 54.8.